The zero-order valence-electron chi connectivity index (χ0n) is 20.4. The predicted octanol–water partition coefficient (Wildman–Crippen LogP) is 3.15. The fourth-order valence-electron chi connectivity index (χ4n) is 2.60. The lowest BCUT2D eigenvalue weighted by molar-refractivity contribution is -0.200. The molecule has 10 heteroatoms. The van der Waals surface area contributed by atoms with Gasteiger partial charge in [0.2, 0.25) is 0 Å². The summed E-state index contributed by atoms with van der Waals surface area (Å²) in [5.74, 6) is -2.56. The number of ether oxygens (including phenoxy) is 4. The molecule has 0 radical (unpaired) electrons. The van der Waals surface area contributed by atoms with E-state index in [-0.39, 0.29) is 18.1 Å². The summed E-state index contributed by atoms with van der Waals surface area (Å²) in [7, 11) is -2.26. The molecule has 180 valence electrons. The highest BCUT2D eigenvalue weighted by Gasteiger charge is 2.45. The largest absolute Gasteiger partial charge is 0.458 e. The van der Waals surface area contributed by atoms with Gasteiger partial charge in [-0.2, -0.15) is 0 Å². The van der Waals surface area contributed by atoms with Crippen molar-refractivity contribution in [3.05, 3.63) is 0 Å². The van der Waals surface area contributed by atoms with Gasteiger partial charge in [0.1, 0.15) is 6.10 Å². The van der Waals surface area contributed by atoms with Crippen LogP contribution in [0.2, 0.25) is 18.1 Å². The van der Waals surface area contributed by atoms with Crippen molar-refractivity contribution in [2.24, 2.45) is 0 Å². The monoisotopic (exact) mass is 462 g/mol. The molecule has 31 heavy (non-hydrogen) atoms. The summed E-state index contributed by atoms with van der Waals surface area (Å²) in [5, 5.41) is -0.121. The van der Waals surface area contributed by atoms with Gasteiger partial charge in [-0.25, -0.2) is 0 Å². The second-order valence-corrected chi connectivity index (χ2v) is 13.7. The molecule has 0 heterocycles. The standard InChI is InChI=1S/C21H38O9Si/c1-11-17(27-13(2)22)19(29-15(4)24)20(30-16(5)25)18(28-14(3)23)12-26-31(9,10)21(6,7)8/h17-20H,11-12H2,1-10H3/t17-,18-,19-,20-/m1/s1. The van der Waals surface area contributed by atoms with Gasteiger partial charge in [-0.05, 0) is 24.6 Å². The van der Waals surface area contributed by atoms with Crippen LogP contribution < -0.4 is 0 Å². The van der Waals surface area contributed by atoms with E-state index in [1.807, 2.05) is 13.1 Å². The van der Waals surface area contributed by atoms with Gasteiger partial charge >= 0.3 is 23.9 Å². The Labute approximate surface area is 186 Å². The Hall–Kier alpha value is -1.94. The molecule has 0 saturated carbocycles. The molecule has 0 amide bonds. The normalized spacial score (nSPS) is 15.8. The van der Waals surface area contributed by atoms with Gasteiger partial charge in [0.25, 0.3) is 0 Å². The maximum Gasteiger partial charge on any atom is 0.303 e. The molecule has 0 aliphatic heterocycles. The Morgan fingerprint density at radius 3 is 1.39 bits per heavy atom. The first-order valence-electron chi connectivity index (χ1n) is 10.3. The van der Waals surface area contributed by atoms with E-state index in [1.54, 1.807) is 6.92 Å². The highest BCUT2D eigenvalue weighted by atomic mass is 28.4. The van der Waals surface area contributed by atoms with Crippen LogP contribution in [0.1, 0.15) is 61.8 Å². The van der Waals surface area contributed by atoms with E-state index in [9.17, 15) is 19.2 Å². The highest BCUT2D eigenvalue weighted by molar-refractivity contribution is 6.74. The summed E-state index contributed by atoms with van der Waals surface area (Å²) in [5.41, 5.74) is 0. The molecule has 0 N–H and O–H groups in total. The Kier molecular flexibility index (Phi) is 11.4. The molecule has 0 saturated heterocycles. The number of hydrogen-bond donors (Lipinski definition) is 0. The Bertz CT molecular complexity index is 639. The number of carbonyl (C=O) groups is 4. The number of rotatable bonds is 11. The first-order chi connectivity index (χ1) is 14.0. The summed E-state index contributed by atoms with van der Waals surface area (Å²) in [6.45, 7) is 16.7. The third-order valence-electron chi connectivity index (χ3n) is 5.11. The van der Waals surface area contributed by atoms with Crippen molar-refractivity contribution in [1.29, 1.82) is 0 Å². The van der Waals surface area contributed by atoms with E-state index >= 15 is 0 Å². The maximum absolute atomic E-state index is 11.9. The number of carbonyl (C=O) groups excluding carboxylic acids is 4. The maximum atomic E-state index is 11.9. The van der Waals surface area contributed by atoms with Crippen LogP contribution in [-0.4, -0.2) is 63.2 Å². The molecular formula is C21H38O9Si. The zero-order valence-corrected chi connectivity index (χ0v) is 21.4. The topological polar surface area (TPSA) is 114 Å². The van der Waals surface area contributed by atoms with E-state index in [1.165, 1.54) is 27.7 Å². The van der Waals surface area contributed by atoms with Gasteiger partial charge in [0.15, 0.2) is 26.6 Å². The van der Waals surface area contributed by atoms with Crippen LogP contribution in [0.25, 0.3) is 0 Å². The molecule has 0 rings (SSSR count). The van der Waals surface area contributed by atoms with Crippen molar-refractivity contribution in [2.45, 2.75) is 104 Å². The van der Waals surface area contributed by atoms with Crippen LogP contribution in [0.5, 0.6) is 0 Å². The average molecular weight is 463 g/mol. The van der Waals surface area contributed by atoms with E-state index in [0.29, 0.717) is 0 Å². The smallest absolute Gasteiger partial charge is 0.303 e. The van der Waals surface area contributed by atoms with E-state index in [4.69, 9.17) is 23.4 Å². The van der Waals surface area contributed by atoms with E-state index < -0.39 is 56.6 Å². The third-order valence-corrected chi connectivity index (χ3v) is 9.61. The van der Waals surface area contributed by atoms with Crippen molar-refractivity contribution >= 4 is 32.2 Å². The molecule has 0 aromatic rings. The molecule has 0 bridgehead atoms. The Balaban J connectivity index is 6.18. The molecular weight excluding hydrogens is 424 g/mol. The van der Waals surface area contributed by atoms with Gasteiger partial charge in [0.05, 0.1) is 6.61 Å². The lowest BCUT2D eigenvalue weighted by Crippen LogP contribution is -2.54. The second kappa shape index (κ2) is 12.2. The summed E-state index contributed by atoms with van der Waals surface area (Å²) in [4.78, 5) is 47.1. The molecule has 9 nitrogen and oxygen atoms in total. The Morgan fingerprint density at radius 2 is 1.06 bits per heavy atom. The summed E-state index contributed by atoms with van der Waals surface area (Å²) in [6.07, 6.45) is -4.16. The predicted molar refractivity (Wildman–Crippen MR) is 116 cm³/mol. The first kappa shape index (κ1) is 29.1. The summed E-state index contributed by atoms with van der Waals surface area (Å²) >= 11 is 0. The fourth-order valence-corrected chi connectivity index (χ4v) is 3.62. The minimum atomic E-state index is -2.26. The molecule has 4 atom stereocenters. The fraction of sp³-hybridized carbons (Fsp3) is 0.810. The van der Waals surface area contributed by atoms with Crippen molar-refractivity contribution in [3.8, 4) is 0 Å². The van der Waals surface area contributed by atoms with Gasteiger partial charge in [-0.1, -0.05) is 27.7 Å². The minimum Gasteiger partial charge on any atom is -0.458 e. The zero-order chi connectivity index (χ0) is 24.6. The van der Waals surface area contributed by atoms with Crippen LogP contribution in [0.3, 0.4) is 0 Å². The van der Waals surface area contributed by atoms with Gasteiger partial charge < -0.3 is 23.4 Å². The number of hydrogen-bond acceptors (Lipinski definition) is 9. The van der Waals surface area contributed by atoms with Crippen LogP contribution in [0.4, 0.5) is 0 Å². The Morgan fingerprint density at radius 1 is 0.710 bits per heavy atom. The lowest BCUT2D eigenvalue weighted by atomic mass is 10.0. The third kappa shape index (κ3) is 10.3. The van der Waals surface area contributed by atoms with Crippen molar-refractivity contribution < 1.29 is 42.6 Å². The van der Waals surface area contributed by atoms with Crippen molar-refractivity contribution in [2.75, 3.05) is 6.61 Å². The highest BCUT2D eigenvalue weighted by Crippen LogP contribution is 2.37. The molecule has 0 aliphatic carbocycles. The van der Waals surface area contributed by atoms with E-state index in [0.717, 1.165) is 0 Å². The summed E-state index contributed by atoms with van der Waals surface area (Å²) < 4.78 is 27.8. The van der Waals surface area contributed by atoms with E-state index in [2.05, 4.69) is 20.8 Å². The lowest BCUT2D eigenvalue weighted by Gasteiger charge is -2.39. The SMILES string of the molecule is CC[C@@H](OC(C)=O)[C@@H](OC(C)=O)[C@H](OC(C)=O)[C@@H](CO[Si](C)(C)C(C)(C)C)OC(C)=O. The molecule has 0 aromatic heterocycles. The minimum absolute atomic E-state index is 0.0811. The first-order valence-corrected chi connectivity index (χ1v) is 13.3. The number of esters is 4. The second-order valence-electron chi connectivity index (χ2n) is 8.92. The van der Waals surface area contributed by atoms with Crippen molar-refractivity contribution in [1.82, 2.24) is 0 Å². The molecule has 0 aliphatic rings. The van der Waals surface area contributed by atoms with Crippen molar-refractivity contribution in [3.63, 3.8) is 0 Å². The summed E-state index contributed by atoms with van der Waals surface area (Å²) in [6, 6.07) is 0. The van der Waals surface area contributed by atoms with Crippen LogP contribution in [0, 0.1) is 0 Å². The van der Waals surface area contributed by atoms with Gasteiger partial charge in [0, 0.05) is 27.7 Å². The van der Waals surface area contributed by atoms with Gasteiger partial charge in [-0.15, -0.1) is 0 Å². The van der Waals surface area contributed by atoms with Crippen LogP contribution >= 0.6 is 0 Å². The van der Waals surface area contributed by atoms with Crippen LogP contribution in [0.15, 0.2) is 0 Å². The molecule has 0 fully saturated rings. The molecule has 0 aromatic carbocycles. The quantitative estimate of drug-likeness (QED) is 0.259. The van der Waals surface area contributed by atoms with Gasteiger partial charge in [-0.3, -0.25) is 19.2 Å². The molecule has 0 spiro atoms. The average Bonchev–Trinajstić information content (AvgIpc) is 2.57. The van der Waals surface area contributed by atoms with Crippen LogP contribution in [-0.2, 0) is 42.6 Å². The molecule has 0 unspecified atom stereocenters.